The standard InChI is InChI=1S/C20H31NO4/c1-16(2)8-5-3-4-6-15-25-18-12-10-17(11-13-18)20(24)21-14-7-9-19(22)23/h10-13,16H,3-9,14-15H2,1-2H3,(H,21,24)(H,22,23)/p-1. The van der Waals surface area contributed by atoms with E-state index in [0.29, 0.717) is 25.1 Å². The Balaban J connectivity index is 2.18. The molecule has 25 heavy (non-hydrogen) atoms. The second kappa shape index (κ2) is 12.3. The van der Waals surface area contributed by atoms with Gasteiger partial charge in [-0.1, -0.05) is 39.5 Å². The number of ether oxygens (including phenoxy) is 1. The lowest BCUT2D eigenvalue weighted by Gasteiger charge is -2.08. The normalized spacial score (nSPS) is 10.7. The summed E-state index contributed by atoms with van der Waals surface area (Å²) in [6.07, 6.45) is 6.36. The molecule has 0 heterocycles. The summed E-state index contributed by atoms with van der Waals surface area (Å²) in [6.45, 7) is 5.51. The number of hydrogen-bond acceptors (Lipinski definition) is 4. The quantitative estimate of drug-likeness (QED) is 0.556. The van der Waals surface area contributed by atoms with Crippen LogP contribution in [0.4, 0.5) is 0 Å². The van der Waals surface area contributed by atoms with Gasteiger partial charge in [0.15, 0.2) is 0 Å². The van der Waals surface area contributed by atoms with Crippen LogP contribution < -0.4 is 15.2 Å². The van der Waals surface area contributed by atoms with E-state index in [1.165, 1.54) is 25.7 Å². The van der Waals surface area contributed by atoms with Crippen LogP contribution in [-0.4, -0.2) is 25.0 Å². The van der Waals surface area contributed by atoms with Crippen LogP contribution >= 0.6 is 0 Å². The maximum absolute atomic E-state index is 11.9. The van der Waals surface area contributed by atoms with Gasteiger partial charge in [-0.15, -0.1) is 0 Å². The molecule has 140 valence electrons. The Morgan fingerprint density at radius 1 is 1.04 bits per heavy atom. The van der Waals surface area contributed by atoms with Gasteiger partial charge in [0.25, 0.3) is 5.91 Å². The van der Waals surface area contributed by atoms with Crippen LogP contribution in [0.25, 0.3) is 0 Å². The van der Waals surface area contributed by atoms with Gasteiger partial charge in [0.2, 0.25) is 0 Å². The Morgan fingerprint density at radius 2 is 1.72 bits per heavy atom. The third-order valence-electron chi connectivity index (χ3n) is 3.90. The van der Waals surface area contributed by atoms with Crippen molar-refractivity contribution in [2.45, 2.75) is 58.8 Å². The SMILES string of the molecule is CC(C)CCCCCCOc1ccc(C(=O)NCCCC(=O)[O-])cc1. The summed E-state index contributed by atoms with van der Waals surface area (Å²) in [5.41, 5.74) is 0.537. The topological polar surface area (TPSA) is 78.5 Å². The minimum absolute atomic E-state index is 0.0511. The van der Waals surface area contributed by atoms with Crippen molar-refractivity contribution >= 4 is 11.9 Å². The maximum atomic E-state index is 11.9. The lowest BCUT2D eigenvalue weighted by Crippen LogP contribution is -2.27. The molecule has 0 fully saturated rings. The van der Waals surface area contributed by atoms with Gasteiger partial charge < -0.3 is 20.0 Å². The monoisotopic (exact) mass is 348 g/mol. The number of benzene rings is 1. The third-order valence-corrected chi connectivity index (χ3v) is 3.90. The van der Waals surface area contributed by atoms with Crippen LogP contribution in [0.3, 0.4) is 0 Å². The average molecular weight is 348 g/mol. The van der Waals surface area contributed by atoms with Crippen LogP contribution in [0.1, 0.15) is 69.2 Å². The minimum Gasteiger partial charge on any atom is -0.550 e. The van der Waals surface area contributed by atoms with E-state index in [4.69, 9.17) is 4.74 Å². The Labute approximate surface area is 150 Å². The molecule has 0 bridgehead atoms. The molecule has 0 radical (unpaired) electrons. The number of carbonyl (C=O) groups is 2. The van der Waals surface area contributed by atoms with E-state index in [0.717, 1.165) is 18.1 Å². The van der Waals surface area contributed by atoms with Gasteiger partial charge >= 0.3 is 0 Å². The number of unbranched alkanes of at least 4 members (excludes halogenated alkanes) is 3. The van der Waals surface area contributed by atoms with Crippen molar-refractivity contribution < 1.29 is 19.4 Å². The first kappa shape index (κ1) is 21.0. The van der Waals surface area contributed by atoms with Gasteiger partial charge in [-0.2, -0.15) is 0 Å². The Morgan fingerprint density at radius 3 is 2.36 bits per heavy atom. The van der Waals surface area contributed by atoms with Crippen molar-refractivity contribution in [2.24, 2.45) is 5.92 Å². The molecular weight excluding hydrogens is 318 g/mol. The Bertz CT molecular complexity index is 511. The smallest absolute Gasteiger partial charge is 0.251 e. The summed E-state index contributed by atoms with van der Waals surface area (Å²) >= 11 is 0. The molecule has 0 saturated heterocycles. The van der Waals surface area contributed by atoms with Gasteiger partial charge in [0.05, 0.1) is 6.61 Å². The average Bonchev–Trinajstić information content (AvgIpc) is 2.57. The van der Waals surface area contributed by atoms with Crippen LogP contribution in [0.5, 0.6) is 5.75 Å². The van der Waals surface area contributed by atoms with E-state index in [1.54, 1.807) is 24.3 Å². The second-order valence-corrected chi connectivity index (χ2v) is 6.70. The fraction of sp³-hybridized carbons (Fsp3) is 0.600. The molecule has 0 aliphatic rings. The molecule has 5 heteroatoms. The van der Waals surface area contributed by atoms with Crippen molar-refractivity contribution in [1.82, 2.24) is 5.32 Å². The zero-order valence-electron chi connectivity index (χ0n) is 15.4. The van der Waals surface area contributed by atoms with Crippen molar-refractivity contribution in [1.29, 1.82) is 0 Å². The van der Waals surface area contributed by atoms with E-state index in [9.17, 15) is 14.7 Å². The molecule has 5 nitrogen and oxygen atoms in total. The van der Waals surface area contributed by atoms with E-state index in [-0.39, 0.29) is 12.3 Å². The number of nitrogens with one attached hydrogen (secondary N) is 1. The molecule has 0 saturated carbocycles. The van der Waals surface area contributed by atoms with E-state index < -0.39 is 5.97 Å². The number of rotatable bonds is 13. The van der Waals surface area contributed by atoms with Gasteiger partial charge in [-0.05, 0) is 49.4 Å². The highest BCUT2D eigenvalue weighted by Gasteiger charge is 2.05. The fourth-order valence-electron chi connectivity index (χ4n) is 2.44. The largest absolute Gasteiger partial charge is 0.550 e. The van der Waals surface area contributed by atoms with Crippen LogP contribution in [0, 0.1) is 5.92 Å². The van der Waals surface area contributed by atoms with E-state index in [1.807, 2.05) is 0 Å². The first-order chi connectivity index (χ1) is 12.0. The summed E-state index contributed by atoms with van der Waals surface area (Å²) in [6, 6.07) is 7.00. The third kappa shape index (κ3) is 10.4. The fourth-order valence-corrected chi connectivity index (χ4v) is 2.44. The number of carboxylic acids is 1. The highest BCUT2D eigenvalue weighted by Crippen LogP contribution is 2.14. The Hall–Kier alpha value is -2.04. The lowest BCUT2D eigenvalue weighted by atomic mass is 10.0. The van der Waals surface area contributed by atoms with Crippen molar-refractivity contribution in [3.8, 4) is 5.75 Å². The summed E-state index contributed by atoms with van der Waals surface area (Å²) in [5, 5.41) is 13.0. The van der Waals surface area contributed by atoms with Gasteiger partial charge in [-0.25, -0.2) is 0 Å². The first-order valence-electron chi connectivity index (χ1n) is 9.20. The molecule has 0 aliphatic carbocycles. The van der Waals surface area contributed by atoms with E-state index >= 15 is 0 Å². The number of aliphatic carboxylic acids is 1. The minimum atomic E-state index is -1.10. The summed E-state index contributed by atoms with van der Waals surface area (Å²) < 4.78 is 5.69. The number of carbonyl (C=O) groups excluding carboxylic acids is 2. The van der Waals surface area contributed by atoms with Gasteiger partial charge in [0, 0.05) is 18.1 Å². The van der Waals surface area contributed by atoms with Crippen LogP contribution in [0.15, 0.2) is 24.3 Å². The second-order valence-electron chi connectivity index (χ2n) is 6.70. The van der Waals surface area contributed by atoms with Gasteiger partial charge in [0.1, 0.15) is 5.75 Å². The molecule has 0 aliphatic heterocycles. The first-order valence-corrected chi connectivity index (χ1v) is 9.20. The van der Waals surface area contributed by atoms with Crippen LogP contribution in [-0.2, 0) is 4.79 Å². The highest BCUT2D eigenvalue weighted by molar-refractivity contribution is 5.94. The van der Waals surface area contributed by atoms with Crippen molar-refractivity contribution in [3.05, 3.63) is 29.8 Å². The maximum Gasteiger partial charge on any atom is 0.251 e. The number of carboxylic acid groups (broad SMARTS) is 1. The van der Waals surface area contributed by atoms with Gasteiger partial charge in [-0.3, -0.25) is 4.79 Å². The highest BCUT2D eigenvalue weighted by atomic mass is 16.5. The van der Waals surface area contributed by atoms with Crippen molar-refractivity contribution in [3.63, 3.8) is 0 Å². The molecule has 0 atom stereocenters. The summed E-state index contributed by atoms with van der Waals surface area (Å²) in [4.78, 5) is 22.2. The molecule has 1 aromatic carbocycles. The molecule has 0 spiro atoms. The predicted octanol–water partition coefficient (Wildman–Crippen LogP) is 2.93. The van der Waals surface area contributed by atoms with E-state index in [2.05, 4.69) is 19.2 Å². The predicted molar refractivity (Wildman–Crippen MR) is 96.4 cm³/mol. The molecule has 1 rings (SSSR count). The molecular formula is C20H30NO4-. The number of hydrogen-bond donors (Lipinski definition) is 1. The van der Waals surface area contributed by atoms with Crippen molar-refractivity contribution in [2.75, 3.05) is 13.2 Å². The molecule has 0 unspecified atom stereocenters. The lowest BCUT2D eigenvalue weighted by molar-refractivity contribution is -0.305. The molecule has 0 aromatic heterocycles. The zero-order chi connectivity index (χ0) is 18.5. The molecule has 1 amide bonds. The number of amides is 1. The molecule has 1 aromatic rings. The summed E-state index contributed by atoms with van der Waals surface area (Å²) in [5.74, 6) is 0.225. The van der Waals surface area contributed by atoms with Crippen LogP contribution in [0.2, 0.25) is 0 Å². The molecule has 1 N–H and O–H groups in total. The summed E-state index contributed by atoms with van der Waals surface area (Å²) in [7, 11) is 0. The zero-order valence-corrected chi connectivity index (χ0v) is 15.4. The Kier molecular flexibility index (Phi) is 10.4.